The SMILES string of the molecule is NCCCCC(NC(=O)CCS)C(=O)NCC(=O)N1CCCC1C(N)=O. The van der Waals surface area contributed by atoms with Gasteiger partial charge < -0.3 is 27.0 Å². The van der Waals surface area contributed by atoms with Crippen molar-refractivity contribution in [1.29, 1.82) is 0 Å². The summed E-state index contributed by atoms with van der Waals surface area (Å²) in [5.74, 6) is -1.22. The first-order valence-electron chi connectivity index (χ1n) is 8.87. The van der Waals surface area contributed by atoms with E-state index in [1.54, 1.807) is 0 Å². The van der Waals surface area contributed by atoms with Gasteiger partial charge in [-0.1, -0.05) is 0 Å². The summed E-state index contributed by atoms with van der Waals surface area (Å²) in [5, 5.41) is 5.20. The largest absolute Gasteiger partial charge is 0.368 e. The zero-order valence-corrected chi connectivity index (χ0v) is 15.8. The van der Waals surface area contributed by atoms with E-state index < -0.39 is 23.9 Å². The maximum absolute atomic E-state index is 12.4. The second-order valence-corrected chi connectivity index (χ2v) is 6.69. The summed E-state index contributed by atoms with van der Waals surface area (Å²) in [6.45, 7) is 0.709. The number of rotatable bonds is 11. The van der Waals surface area contributed by atoms with Crippen molar-refractivity contribution in [3.63, 3.8) is 0 Å². The number of carbonyl (C=O) groups excluding carboxylic acids is 4. The molecule has 0 aromatic heterocycles. The highest BCUT2D eigenvalue weighted by atomic mass is 32.1. The fraction of sp³-hybridized carbons (Fsp3) is 0.750. The third-order valence-corrected chi connectivity index (χ3v) is 4.48. The van der Waals surface area contributed by atoms with Crippen LogP contribution >= 0.6 is 12.6 Å². The molecule has 0 aromatic carbocycles. The van der Waals surface area contributed by atoms with Crippen LogP contribution in [0.5, 0.6) is 0 Å². The Kier molecular flexibility index (Phi) is 10.0. The molecule has 0 radical (unpaired) electrons. The molecule has 2 unspecified atom stereocenters. The molecule has 1 saturated heterocycles. The van der Waals surface area contributed by atoms with E-state index in [0.29, 0.717) is 44.5 Å². The highest BCUT2D eigenvalue weighted by molar-refractivity contribution is 7.80. The number of hydrogen-bond acceptors (Lipinski definition) is 6. The van der Waals surface area contributed by atoms with E-state index in [0.717, 1.165) is 6.42 Å². The van der Waals surface area contributed by atoms with Gasteiger partial charge in [-0.05, 0) is 44.4 Å². The molecule has 1 aliphatic rings. The van der Waals surface area contributed by atoms with Crippen molar-refractivity contribution in [3.05, 3.63) is 0 Å². The summed E-state index contributed by atoms with van der Waals surface area (Å²) in [6.07, 6.45) is 3.30. The molecule has 0 spiro atoms. The van der Waals surface area contributed by atoms with E-state index in [1.807, 2.05) is 0 Å². The average Bonchev–Trinajstić information content (AvgIpc) is 3.09. The Bertz CT molecular complexity index is 517. The molecular weight excluding hydrogens is 358 g/mol. The van der Waals surface area contributed by atoms with Crippen molar-refractivity contribution >= 4 is 36.3 Å². The lowest BCUT2D eigenvalue weighted by Crippen LogP contribution is -2.51. The minimum absolute atomic E-state index is 0.205. The van der Waals surface area contributed by atoms with Gasteiger partial charge in [0.2, 0.25) is 23.6 Å². The summed E-state index contributed by atoms with van der Waals surface area (Å²) >= 11 is 4.00. The van der Waals surface area contributed by atoms with Gasteiger partial charge in [-0.3, -0.25) is 19.2 Å². The molecular formula is C16H29N5O4S. The second-order valence-electron chi connectivity index (χ2n) is 6.24. The first kappa shape index (κ1) is 22.2. The van der Waals surface area contributed by atoms with Crippen LogP contribution in [0.25, 0.3) is 0 Å². The number of nitrogens with one attached hydrogen (secondary N) is 2. The lowest BCUT2D eigenvalue weighted by molar-refractivity contribution is -0.138. The molecule has 0 bridgehead atoms. The van der Waals surface area contributed by atoms with Gasteiger partial charge in [0.15, 0.2) is 0 Å². The number of nitrogens with two attached hydrogens (primary N) is 2. The molecule has 1 aliphatic heterocycles. The summed E-state index contributed by atoms with van der Waals surface area (Å²) in [7, 11) is 0. The number of thiol groups is 1. The van der Waals surface area contributed by atoms with E-state index in [-0.39, 0.29) is 24.8 Å². The van der Waals surface area contributed by atoms with Crippen LogP contribution in [-0.4, -0.2) is 66.0 Å². The monoisotopic (exact) mass is 387 g/mol. The summed E-state index contributed by atoms with van der Waals surface area (Å²) < 4.78 is 0. The summed E-state index contributed by atoms with van der Waals surface area (Å²) in [6, 6.07) is -1.35. The van der Waals surface area contributed by atoms with Crippen molar-refractivity contribution in [3.8, 4) is 0 Å². The van der Waals surface area contributed by atoms with Crippen molar-refractivity contribution in [2.75, 3.05) is 25.4 Å². The zero-order chi connectivity index (χ0) is 19.5. The number of nitrogens with zero attached hydrogens (tertiary/aromatic N) is 1. The van der Waals surface area contributed by atoms with Gasteiger partial charge in [-0.25, -0.2) is 0 Å². The maximum Gasteiger partial charge on any atom is 0.243 e. The number of likely N-dealkylation sites (tertiary alicyclic amines) is 1. The highest BCUT2D eigenvalue weighted by Gasteiger charge is 2.32. The number of primary amides is 1. The molecule has 26 heavy (non-hydrogen) atoms. The topological polar surface area (TPSA) is 148 Å². The van der Waals surface area contributed by atoms with E-state index in [4.69, 9.17) is 11.5 Å². The Morgan fingerprint density at radius 3 is 2.58 bits per heavy atom. The Hall–Kier alpha value is -1.81. The molecule has 148 valence electrons. The first-order chi connectivity index (χ1) is 12.4. The van der Waals surface area contributed by atoms with Gasteiger partial charge in [0, 0.05) is 13.0 Å². The minimum atomic E-state index is -0.729. The third kappa shape index (κ3) is 7.20. The number of carbonyl (C=O) groups is 4. The third-order valence-electron chi connectivity index (χ3n) is 4.25. The first-order valence-corrected chi connectivity index (χ1v) is 9.50. The van der Waals surface area contributed by atoms with E-state index in [2.05, 4.69) is 23.3 Å². The van der Waals surface area contributed by atoms with Crippen molar-refractivity contribution in [2.45, 2.75) is 50.6 Å². The van der Waals surface area contributed by atoms with Gasteiger partial charge in [0.25, 0.3) is 0 Å². The molecule has 6 N–H and O–H groups in total. The van der Waals surface area contributed by atoms with Crippen LogP contribution in [0, 0.1) is 0 Å². The van der Waals surface area contributed by atoms with Gasteiger partial charge in [-0.15, -0.1) is 0 Å². The number of amides is 4. The van der Waals surface area contributed by atoms with Crippen LogP contribution in [0.4, 0.5) is 0 Å². The maximum atomic E-state index is 12.4. The highest BCUT2D eigenvalue weighted by Crippen LogP contribution is 2.16. The molecule has 0 aromatic rings. The predicted molar refractivity (Wildman–Crippen MR) is 100 cm³/mol. The van der Waals surface area contributed by atoms with E-state index in [9.17, 15) is 19.2 Å². The lowest BCUT2D eigenvalue weighted by atomic mass is 10.1. The Labute approximate surface area is 159 Å². The fourth-order valence-electron chi connectivity index (χ4n) is 2.88. The molecule has 1 rings (SSSR count). The number of hydrogen-bond donors (Lipinski definition) is 5. The van der Waals surface area contributed by atoms with Crippen molar-refractivity contribution < 1.29 is 19.2 Å². The number of unbranched alkanes of at least 4 members (excludes halogenated alkanes) is 1. The zero-order valence-electron chi connectivity index (χ0n) is 14.9. The molecule has 10 heteroatoms. The van der Waals surface area contributed by atoms with Crippen LogP contribution in [0.3, 0.4) is 0 Å². The van der Waals surface area contributed by atoms with Crippen molar-refractivity contribution in [2.24, 2.45) is 11.5 Å². The minimum Gasteiger partial charge on any atom is -0.368 e. The summed E-state index contributed by atoms with van der Waals surface area (Å²) in [5.41, 5.74) is 10.8. The van der Waals surface area contributed by atoms with Crippen LogP contribution in [0.2, 0.25) is 0 Å². The van der Waals surface area contributed by atoms with Gasteiger partial charge >= 0.3 is 0 Å². The van der Waals surface area contributed by atoms with Gasteiger partial charge in [-0.2, -0.15) is 12.6 Å². The normalized spacial score (nSPS) is 17.6. The van der Waals surface area contributed by atoms with E-state index >= 15 is 0 Å². The quantitative estimate of drug-likeness (QED) is 0.216. The average molecular weight is 388 g/mol. The Morgan fingerprint density at radius 2 is 1.96 bits per heavy atom. The van der Waals surface area contributed by atoms with Crippen LogP contribution in [0.15, 0.2) is 0 Å². The molecule has 1 heterocycles. The Morgan fingerprint density at radius 1 is 1.23 bits per heavy atom. The lowest BCUT2D eigenvalue weighted by Gasteiger charge is -2.23. The molecule has 2 atom stereocenters. The molecule has 0 aliphatic carbocycles. The molecule has 0 saturated carbocycles. The van der Waals surface area contributed by atoms with Gasteiger partial charge in [0.1, 0.15) is 12.1 Å². The molecule has 4 amide bonds. The second kappa shape index (κ2) is 11.7. The van der Waals surface area contributed by atoms with Crippen LogP contribution in [-0.2, 0) is 19.2 Å². The fourth-order valence-corrected chi connectivity index (χ4v) is 3.08. The Balaban J connectivity index is 2.56. The molecule has 9 nitrogen and oxygen atoms in total. The van der Waals surface area contributed by atoms with Gasteiger partial charge in [0.05, 0.1) is 6.54 Å². The molecule has 1 fully saturated rings. The van der Waals surface area contributed by atoms with Crippen LogP contribution in [0.1, 0.15) is 38.5 Å². The predicted octanol–water partition coefficient (Wildman–Crippen LogP) is -1.49. The van der Waals surface area contributed by atoms with E-state index in [1.165, 1.54) is 4.90 Å². The van der Waals surface area contributed by atoms with Crippen LogP contribution < -0.4 is 22.1 Å². The van der Waals surface area contributed by atoms with Crippen molar-refractivity contribution in [1.82, 2.24) is 15.5 Å². The standard InChI is InChI=1S/C16H29N5O4S/c17-7-2-1-4-11(20-13(22)6-9-26)16(25)19-10-14(23)21-8-3-5-12(21)15(18)24/h11-12,26H,1-10,17H2,(H2,18,24)(H,19,25)(H,20,22). The smallest absolute Gasteiger partial charge is 0.243 e. The summed E-state index contributed by atoms with van der Waals surface area (Å²) in [4.78, 5) is 49.2.